The molecule has 1 aromatic carbocycles. The predicted octanol–water partition coefficient (Wildman–Crippen LogP) is 3.09. The summed E-state index contributed by atoms with van der Waals surface area (Å²) < 4.78 is 1.83. The molecule has 0 spiro atoms. The van der Waals surface area contributed by atoms with Crippen LogP contribution in [0.15, 0.2) is 36.4 Å². The highest BCUT2D eigenvalue weighted by atomic mass is 35.5. The van der Waals surface area contributed by atoms with Gasteiger partial charge in [-0.25, -0.2) is 4.98 Å². The van der Waals surface area contributed by atoms with Crippen molar-refractivity contribution in [3.63, 3.8) is 0 Å². The lowest BCUT2D eigenvalue weighted by Gasteiger charge is -2.07. The van der Waals surface area contributed by atoms with Gasteiger partial charge in [0.25, 0.3) is 0 Å². The Hall–Kier alpha value is -2.07. The molecule has 0 amide bonds. The number of imidazole rings is 1. The zero-order chi connectivity index (χ0) is 12.7. The van der Waals surface area contributed by atoms with E-state index in [1.54, 1.807) is 6.07 Å². The van der Waals surface area contributed by atoms with Crippen LogP contribution in [0.2, 0.25) is 5.02 Å². The lowest BCUT2D eigenvalue weighted by atomic mass is 10.3. The minimum Gasteiger partial charge on any atom is -0.493 e. The van der Waals surface area contributed by atoms with E-state index in [1.165, 1.54) is 6.07 Å². The highest BCUT2D eigenvalue weighted by Gasteiger charge is 2.13. The van der Waals surface area contributed by atoms with Crippen molar-refractivity contribution in [3.05, 3.63) is 47.2 Å². The van der Waals surface area contributed by atoms with E-state index in [0.29, 0.717) is 10.7 Å². The summed E-state index contributed by atoms with van der Waals surface area (Å²) in [5.74, 6) is 0.743. The van der Waals surface area contributed by atoms with Crippen LogP contribution in [0.5, 0.6) is 5.88 Å². The maximum Gasteiger partial charge on any atom is 0.212 e. The molecule has 0 aliphatic carbocycles. The number of hydrogen-bond donors (Lipinski definition) is 1. The van der Waals surface area contributed by atoms with Gasteiger partial charge in [0.1, 0.15) is 11.3 Å². The second kappa shape index (κ2) is 3.99. The third-order valence-corrected chi connectivity index (χ3v) is 3.07. The number of hydrogen-bond acceptors (Lipinski definition) is 3. The molecular weight excluding hydrogens is 250 g/mol. The summed E-state index contributed by atoms with van der Waals surface area (Å²) in [5.41, 5.74) is 2.13. The van der Waals surface area contributed by atoms with Crippen LogP contribution in [0.4, 0.5) is 0 Å². The third kappa shape index (κ3) is 1.62. The van der Waals surface area contributed by atoms with Crippen LogP contribution in [0.25, 0.3) is 16.9 Å². The van der Waals surface area contributed by atoms with Crippen molar-refractivity contribution in [1.82, 2.24) is 14.5 Å². The van der Waals surface area contributed by atoms with Gasteiger partial charge in [0.15, 0.2) is 5.65 Å². The summed E-state index contributed by atoms with van der Waals surface area (Å²) in [6.07, 6.45) is 0. The summed E-state index contributed by atoms with van der Waals surface area (Å²) in [5, 5.41) is 10.1. The third-order valence-electron chi connectivity index (χ3n) is 2.75. The largest absolute Gasteiger partial charge is 0.493 e. The first-order chi connectivity index (χ1) is 8.66. The van der Waals surface area contributed by atoms with E-state index in [-0.39, 0.29) is 5.88 Å². The van der Waals surface area contributed by atoms with E-state index in [0.717, 1.165) is 17.0 Å². The molecule has 1 N–H and O–H groups in total. The van der Waals surface area contributed by atoms with Gasteiger partial charge in [-0.2, -0.15) is 4.98 Å². The van der Waals surface area contributed by atoms with Crippen molar-refractivity contribution in [3.8, 4) is 11.6 Å². The van der Waals surface area contributed by atoms with Crippen molar-refractivity contribution >= 4 is 22.8 Å². The van der Waals surface area contributed by atoms with Crippen LogP contribution in [0.3, 0.4) is 0 Å². The normalized spacial score (nSPS) is 11.0. The van der Waals surface area contributed by atoms with Crippen molar-refractivity contribution in [1.29, 1.82) is 0 Å². The fourth-order valence-electron chi connectivity index (χ4n) is 1.98. The fraction of sp³-hybridized carbons (Fsp3) is 0.0769. The Morgan fingerprint density at radius 1 is 1.11 bits per heavy atom. The van der Waals surface area contributed by atoms with Crippen LogP contribution in [0.1, 0.15) is 5.82 Å². The second-order valence-electron chi connectivity index (χ2n) is 3.96. The summed E-state index contributed by atoms with van der Waals surface area (Å²) in [6.45, 7) is 1.88. The number of aryl methyl sites for hydroxylation is 1. The molecular formula is C13H10ClN3O. The zero-order valence-corrected chi connectivity index (χ0v) is 10.4. The second-order valence-corrected chi connectivity index (χ2v) is 4.37. The molecule has 0 saturated heterocycles. The van der Waals surface area contributed by atoms with E-state index in [1.807, 2.05) is 35.8 Å². The first-order valence-electron chi connectivity index (χ1n) is 5.47. The number of benzene rings is 1. The topological polar surface area (TPSA) is 50.9 Å². The number of nitrogens with zero attached hydrogens (tertiary/aromatic N) is 3. The number of fused-ring (bicyclic) bond motifs is 1. The van der Waals surface area contributed by atoms with Gasteiger partial charge in [-0.3, -0.25) is 4.57 Å². The van der Waals surface area contributed by atoms with Crippen molar-refractivity contribution in [2.24, 2.45) is 0 Å². The molecule has 0 aliphatic heterocycles. The number of halogens is 1. The quantitative estimate of drug-likeness (QED) is 0.731. The lowest BCUT2D eigenvalue weighted by Crippen LogP contribution is -1.98. The molecule has 0 saturated carbocycles. The Bertz CT molecular complexity index is 736. The highest BCUT2D eigenvalue weighted by Crippen LogP contribution is 2.26. The average Bonchev–Trinajstić information content (AvgIpc) is 2.66. The molecule has 0 unspecified atom stereocenters. The first kappa shape index (κ1) is 11.0. The lowest BCUT2D eigenvalue weighted by molar-refractivity contribution is 0.455. The van der Waals surface area contributed by atoms with Crippen LogP contribution in [0, 0.1) is 6.92 Å². The maximum atomic E-state index is 9.49. The molecule has 2 aromatic heterocycles. The Kier molecular flexibility index (Phi) is 2.45. The standard InChI is InChI=1S/C13H10ClN3O/c1-8-15-10-6-7-12(18)16-13(10)17(8)11-5-3-2-4-9(11)14/h2-7H,1H3,(H,16,18). The van der Waals surface area contributed by atoms with E-state index < -0.39 is 0 Å². The molecule has 5 heteroatoms. The summed E-state index contributed by atoms with van der Waals surface area (Å²) in [7, 11) is 0. The summed E-state index contributed by atoms with van der Waals surface area (Å²) in [4.78, 5) is 8.51. The van der Waals surface area contributed by atoms with Crippen molar-refractivity contribution in [2.45, 2.75) is 6.92 Å². The maximum absolute atomic E-state index is 9.49. The van der Waals surface area contributed by atoms with E-state index in [2.05, 4.69) is 9.97 Å². The Balaban J connectivity index is 2.38. The average molecular weight is 260 g/mol. The van der Waals surface area contributed by atoms with E-state index in [9.17, 15) is 5.11 Å². The smallest absolute Gasteiger partial charge is 0.212 e. The van der Waals surface area contributed by atoms with Gasteiger partial charge in [0.05, 0.1) is 10.7 Å². The number of rotatable bonds is 1. The van der Waals surface area contributed by atoms with Crippen LogP contribution >= 0.6 is 11.6 Å². The van der Waals surface area contributed by atoms with Crippen molar-refractivity contribution < 1.29 is 5.11 Å². The fourth-order valence-corrected chi connectivity index (χ4v) is 2.20. The Labute approximate surface area is 108 Å². The molecule has 3 rings (SSSR count). The highest BCUT2D eigenvalue weighted by molar-refractivity contribution is 6.32. The SMILES string of the molecule is Cc1nc2ccc(O)nc2n1-c1ccccc1Cl. The number of aromatic hydroxyl groups is 1. The molecule has 0 radical (unpaired) electrons. The molecule has 3 aromatic rings. The van der Waals surface area contributed by atoms with Gasteiger partial charge in [0, 0.05) is 6.07 Å². The summed E-state index contributed by atoms with van der Waals surface area (Å²) >= 11 is 6.19. The van der Waals surface area contributed by atoms with Gasteiger partial charge >= 0.3 is 0 Å². The van der Waals surface area contributed by atoms with E-state index in [4.69, 9.17) is 11.6 Å². The van der Waals surface area contributed by atoms with Crippen LogP contribution in [-0.2, 0) is 0 Å². The Morgan fingerprint density at radius 3 is 2.67 bits per heavy atom. The molecule has 0 bridgehead atoms. The van der Waals surface area contributed by atoms with Crippen LogP contribution < -0.4 is 0 Å². The number of para-hydroxylation sites is 1. The molecule has 0 aliphatic rings. The molecule has 0 atom stereocenters. The molecule has 4 nitrogen and oxygen atoms in total. The minimum atomic E-state index is -0.0318. The minimum absolute atomic E-state index is 0.0318. The van der Waals surface area contributed by atoms with Gasteiger partial charge < -0.3 is 5.11 Å². The molecule has 2 heterocycles. The van der Waals surface area contributed by atoms with Crippen LogP contribution in [-0.4, -0.2) is 19.6 Å². The zero-order valence-electron chi connectivity index (χ0n) is 9.63. The molecule has 0 fully saturated rings. The van der Waals surface area contributed by atoms with Crippen molar-refractivity contribution in [2.75, 3.05) is 0 Å². The van der Waals surface area contributed by atoms with E-state index >= 15 is 0 Å². The van der Waals surface area contributed by atoms with Gasteiger partial charge in [-0.1, -0.05) is 23.7 Å². The van der Waals surface area contributed by atoms with Gasteiger partial charge in [-0.15, -0.1) is 0 Å². The first-order valence-corrected chi connectivity index (χ1v) is 5.84. The number of aromatic nitrogens is 3. The molecule has 90 valence electrons. The monoisotopic (exact) mass is 259 g/mol. The van der Waals surface area contributed by atoms with Gasteiger partial charge in [-0.05, 0) is 25.1 Å². The Morgan fingerprint density at radius 2 is 1.89 bits per heavy atom. The predicted molar refractivity (Wildman–Crippen MR) is 70.3 cm³/mol. The van der Waals surface area contributed by atoms with Gasteiger partial charge in [0.2, 0.25) is 5.88 Å². The summed E-state index contributed by atoms with van der Waals surface area (Å²) in [6, 6.07) is 10.7. The molecule has 18 heavy (non-hydrogen) atoms. The number of pyridine rings is 1.